The molecule has 0 spiro atoms. The van der Waals surface area contributed by atoms with Crippen LogP contribution in [0.2, 0.25) is 0 Å². The van der Waals surface area contributed by atoms with E-state index in [1.54, 1.807) is 48.3 Å². The van der Waals surface area contributed by atoms with E-state index in [1.807, 2.05) is 0 Å². The van der Waals surface area contributed by atoms with E-state index >= 15 is 0 Å². The molecule has 8 heteroatoms. The molecule has 122 valence electrons. The lowest BCUT2D eigenvalue weighted by Crippen LogP contribution is -2.44. The van der Waals surface area contributed by atoms with E-state index in [4.69, 9.17) is 0 Å². The smallest absolute Gasteiger partial charge is 0.331 e. The maximum atomic E-state index is 12.1. The number of piperidine rings is 1. The van der Waals surface area contributed by atoms with Crippen molar-refractivity contribution in [1.82, 2.24) is 29.5 Å². The minimum absolute atomic E-state index is 0.0128. The van der Waals surface area contributed by atoms with Crippen LogP contribution in [0.5, 0.6) is 0 Å². The second-order valence-electron chi connectivity index (χ2n) is 5.88. The quantitative estimate of drug-likeness (QED) is 0.888. The molecule has 2 amide bonds. The molecule has 0 saturated carbocycles. The Morgan fingerprint density at radius 3 is 2.91 bits per heavy atom. The molecular weight excluding hydrogens is 296 g/mol. The number of hydrogen-bond donors (Lipinski definition) is 1. The first-order valence-electron chi connectivity index (χ1n) is 7.63. The highest BCUT2D eigenvalue weighted by molar-refractivity contribution is 5.74. The van der Waals surface area contributed by atoms with E-state index in [9.17, 15) is 9.59 Å². The number of carbonyl (C=O) groups excluding carboxylic acids is 1. The summed E-state index contributed by atoms with van der Waals surface area (Å²) in [6, 6.07) is 5.31. The van der Waals surface area contributed by atoms with Crippen LogP contribution in [0.15, 0.2) is 29.2 Å². The van der Waals surface area contributed by atoms with Gasteiger partial charge in [-0.2, -0.15) is 4.68 Å². The fourth-order valence-electron chi connectivity index (χ4n) is 2.82. The van der Waals surface area contributed by atoms with Gasteiger partial charge in [0.25, 0.3) is 0 Å². The van der Waals surface area contributed by atoms with E-state index < -0.39 is 0 Å². The average Bonchev–Trinajstić information content (AvgIpc) is 2.97. The fourth-order valence-corrected chi connectivity index (χ4v) is 2.82. The van der Waals surface area contributed by atoms with E-state index in [1.165, 1.54) is 4.68 Å². The molecule has 1 saturated heterocycles. The Morgan fingerprint density at radius 2 is 2.22 bits per heavy atom. The SMILES string of the molecule is CN(C)C(=O)N1CCCC(c2nn(-c3ccccn3)c(=O)[nH]2)C1. The number of hydrogen-bond acceptors (Lipinski definition) is 4. The van der Waals surface area contributed by atoms with Gasteiger partial charge in [-0.3, -0.25) is 4.98 Å². The fraction of sp³-hybridized carbons (Fsp3) is 0.467. The summed E-state index contributed by atoms with van der Waals surface area (Å²) in [6.07, 6.45) is 3.41. The molecule has 8 nitrogen and oxygen atoms in total. The van der Waals surface area contributed by atoms with E-state index in [0.29, 0.717) is 18.2 Å². The number of H-pyrrole nitrogens is 1. The van der Waals surface area contributed by atoms with Crippen molar-refractivity contribution in [2.45, 2.75) is 18.8 Å². The molecule has 1 fully saturated rings. The van der Waals surface area contributed by atoms with Crippen LogP contribution in [0.1, 0.15) is 24.6 Å². The highest BCUT2D eigenvalue weighted by atomic mass is 16.2. The summed E-state index contributed by atoms with van der Waals surface area (Å²) in [6.45, 7) is 1.30. The molecule has 1 atom stereocenters. The third kappa shape index (κ3) is 3.10. The molecule has 0 bridgehead atoms. The Kier molecular flexibility index (Phi) is 4.14. The lowest BCUT2D eigenvalue weighted by Gasteiger charge is -2.33. The van der Waals surface area contributed by atoms with Gasteiger partial charge in [-0.25, -0.2) is 14.6 Å². The maximum absolute atomic E-state index is 12.1. The summed E-state index contributed by atoms with van der Waals surface area (Å²) in [7, 11) is 3.48. The second-order valence-corrected chi connectivity index (χ2v) is 5.88. The van der Waals surface area contributed by atoms with Crippen molar-refractivity contribution in [1.29, 1.82) is 0 Å². The van der Waals surface area contributed by atoms with Crippen LogP contribution in [0, 0.1) is 0 Å². The number of amides is 2. The first kappa shape index (κ1) is 15.3. The normalized spacial score (nSPS) is 18.0. The van der Waals surface area contributed by atoms with Gasteiger partial charge in [0, 0.05) is 39.3 Å². The maximum Gasteiger partial charge on any atom is 0.349 e. The van der Waals surface area contributed by atoms with Gasteiger partial charge in [0.15, 0.2) is 5.82 Å². The van der Waals surface area contributed by atoms with Gasteiger partial charge in [0.2, 0.25) is 0 Å². The van der Waals surface area contributed by atoms with Gasteiger partial charge >= 0.3 is 11.7 Å². The number of aromatic nitrogens is 4. The van der Waals surface area contributed by atoms with Crippen molar-refractivity contribution in [2.24, 2.45) is 0 Å². The number of pyridine rings is 1. The minimum Gasteiger partial charge on any atom is -0.331 e. The number of rotatable bonds is 2. The molecule has 3 heterocycles. The van der Waals surface area contributed by atoms with E-state index in [-0.39, 0.29) is 17.6 Å². The Morgan fingerprint density at radius 1 is 1.39 bits per heavy atom. The number of carbonyl (C=O) groups is 1. The lowest BCUT2D eigenvalue weighted by atomic mass is 9.98. The highest BCUT2D eigenvalue weighted by Crippen LogP contribution is 2.24. The summed E-state index contributed by atoms with van der Waals surface area (Å²) in [5.41, 5.74) is -0.310. The van der Waals surface area contributed by atoms with Crippen molar-refractivity contribution < 1.29 is 4.79 Å². The highest BCUT2D eigenvalue weighted by Gasteiger charge is 2.28. The monoisotopic (exact) mass is 316 g/mol. The van der Waals surface area contributed by atoms with Crippen LogP contribution in [0.25, 0.3) is 5.82 Å². The zero-order valence-corrected chi connectivity index (χ0v) is 13.3. The van der Waals surface area contributed by atoms with Gasteiger partial charge in [0.05, 0.1) is 0 Å². The number of nitrogens with one attached hydrogen (secondary N) is 1. The van der Waals surface area contributed by atoms with Crippen LogP contribution in [0.4, 0.5) is 4.79 Å². The summed E-state index contributed by atoms with van der Waals surface area (Å²) in [4.78, 5) is 34.6. The van der Waals surface area contributed by atoms with Gasteiger partial charge in [-0.1, -0.05) is 6.07 Å². The van der Waals surface area contributed by atoms with Crippen molar-refractivity contribution in [2.75, 3.05) is 27.2 Å². The molecule has 2 aromatic rings. The number of urea groups is 1. The van der Waals surface area contributed by atoms with Crippen molar-refractivity contribution in [3.63, 3.8) is 0 Å². The first-order valence-corrected chi connectivity index (χ1v) is 7.63. The van der Waals surface area contributed by atoms with Crippen LogP contribution in [-0.4, -0.2) is 62.8 Å². The number of likely N-dealkylation sites (tertiary alicyclic amines) is 1. The molecular formula is C15H20N6O2. The molecule has 1 aliphatic heterocycles. The zero-order chi connectivity index (χ0) is 16.4. The summed E-state index contributed by atoms with van der Waals surface area (Å²) in [5.74, 6) is 1.12. The standard InChI is InChI=1S/C15H20N6O2/c1-19(2)15(23)20-9-5-6-11(10-20)13-17-14(22)21(18-13)12-7-3-4-8-16-12/h3-4,7-8,11H,5-6,9-10H2,1-2H3,(H,17,18,22). The van der Waals surface area contributed by atoms with Crippen LogP contribution < -0.4 is 5.69 Å². The Balaban J connectivity index is 1.82. The third-order valence-corrected chi connectivity index (χ3v) is 3.96. The van der Waals surface area contributed by atoms with E-state index in [0.717, 1.165) is 19.4 Å². The van der Waals surface area contributed by atoms with Gasteiger partial charge in [0.1, 0.15) is 5.82 Å². The average molecular weight is 316 g/mol. The predicted molar refractivity (Wildman–Crippen MR) is 84.6 cm³/mol. The number of nitrogens with zero attached hydrogens (tertiary/aromatic N) is 5. The molecule has 23 heavy (non-hydrogen) atoms. The zero-order valence-electron chi connectivity index (χ0n) is 13.3. The topological polar surface area (TPSA) is 87.1 Å². The summed E-state index contributed by atoms with van der Waals surface area (Å²) < 4.78 is 1.27. The van der Waals surface area contributed by atoms with Gasteiger partial charge in [-0.05, 0) is 25.0 Å². The summed E-state index contributed by atoms with van der Waals surface area (Å²) in [5, 5.41) is 4.38. The molecule has 3 rings (SSSR count). The molecule has 0 aromatic carbocycles. The summed E-state index contributed by atoms with van der Waals surface area (Å²) >= 11 is 0. The van der Waals surface area contributed by atoms with Gasteiger partial charge < -0.3 is 9.80 Å². The molecule has 1 aliphatic rings. The molecule has 0 aliphatic carbocycles. The largest absolute Gasteiger partial charge is 0.349 e. The minimum atomic E-state index is -0.310. The van der Waals surface area contributed by atoms with Crippen LogP contribution >= 0.6 is 0 Å². The third-order valence-electron chi connectivity index (χ3n) is 3.96. The van der Waals surface area contributed by atoms with Crippen LogP contribution in [-0.2, 0) is 0 Å². The predicted octanol–water partition coefficient (Wildman–Crippen LogP) is 0.817. The molecule has 2 aromatic heterocycles. The molecule has 0 radical (unpaired) electrons. The lowest BCUT2D eigenvalue weighted by molar-refractivity contribution is 0.153. The van der Waals surface area contributed by atoms with Gasteiger partial charge in [-0.15, -0.1) is 5.10 Å². The Hall–Kier alpha value is -2.64. The Labute approximate surface area is 133 Å². The van der Waals surface area contributed by atoms with E-state index in [2.05, 4.69) is 15.1 Å². The van der Waals surface area contributed by atoms with Crippen molar-refractivity contribution >= 4 is 6.03 Å². The van der Waals surface area contributed by atoms with Crippen LogP contribution in [0.3, 0.4) is 0 Å². The molecule has 1 N–H and O–H groups in total. The molecule has 1 unspecified atom stereocenters. The second kappa shape index (κ2) is 6.23. The number of aromatic amines is 1. The van der Waals surface area contributed by atoms with Crippen molar-refractivity contribution in [3.05, 3.63) is 40.7 Å². The Bertz CT molecular complexity index is 736. The van der Waals surface area contributed by atoms with Crippen molar-refractivity contribution in [3.8, 4) is 5.82 Å². The first-order chi connectivity index (χ1) is 11.1.